The van der Waals surface area contributed by atoms with E-state index in [1.165, 1.54) is 51.6 Å². The Morgan fingerprint density at radius 3 is 2.30 bits per heavy atom. The molecular formula is C20H32N2O. The first-order valence-electron chi connectivity index (χ1n) is 10.5. The lowest BCUT2D eigenvalue weighted by atomic mass is 9.54. The number of nitrogens with zero attached hydrogens (tertiary/aromatic N) is 1. The lowest BCUT2D eigenvalue weighted by Crippen LogP contribution is -2.57. The maximum atomic E-state index is 5.85. The zero-order chi connectivity index (χ0) is 15.0. The predicted octanol–water partition coefficient (Wildman–Crippen LogP) is 2.65. The average molecular weight is 316 g/mol. The normalized spacial score (nSPS) is 58.2. The lowest BCUT2D eigenvalue weighted by molar-refractivity contribution is -0.0762. The largest absolute Gasteiger partial charge is 0.375 e. The van der Waals surface area contributed by atoms with Crippen molar-refractivity contribution in [2.24, 2.45) is 29.6 Å². The number of fused-ring (bicyclic) bond motifs is 9. The number of morpholine rings is 1. The number of nitrogens with one attached hydrogen (secondary N) is 1. The number of hydrogen-bond acceptors (Lipinski definition) is 3. The molecule has 8 aliphatic rings. The Balaban J connectivity index is 1.19. The molecule has 4 aliphatic carbocycles. The van der Waals surface area contributed by atoms with Gasteiger partial charge in [0.25, 0.3) is 0 Å². The second-order valence-corrected chi connectivity index (χ2v) is 9.68. The third-order valence-corrected chi connectivity index (χ3v) is 8.81. The van der Waals surface area contributed by atoms with Gasteiger partial charge < -0.3 is 10.1 Å². The molecule has 0 spiro atoms. The molecule has 3 heteroatoms. The molecule has 8 fully saturated rings. The van der Waals surface area contributed by atoms with Crippen LogP contribution in [0.3, 0.4) is 0 Å². The van der Waals surface area contributed by atoms with Crippen LogP contribution in [0, 0.1) is 29.6 Å². The van der Waals surface area contributed by atoms with Gasteiger partial charge in [-0.3, -0.25) is 4.90 Å². The van der Waals surface area contributed by atoms with Gasteiger partial charge in [0.2, 0.25) is 0 Å². The standard InChI is InChI=1S/C20H32N2O/c1-2-13-5-18(19-7-15-4-3-14(19)9-21-15)12(1)6-20(13)22-10-17-8-16(22)11-23-17/h12-21H,1-11H2. The summed E-state index contributed by atoms with van der Waals surface area (Å²) >= 11 is 0. The zero-order valence-electron chi connectivity index (χ0n) is 14.3. The third kappa shape index (κ3) is 2.12. The monoisotopic (exact) mass is 316 g/mol. The topological polar surface area (TPSA) is 24.5 Å². The van der Waals surface area contributed by atoms with Crippen LogP contribution in [0.1, 0.15) is 51.4 Å². The second-order valence-electron chi connectivity index (χ2n) is 9.68. The molecule has 0 radical (unpaired) electrons. The van der Waals surface area contributed by atoms with Crippen molar-refractivity contribution >= 4 is 0 Å². The van der Waals surface area contributed by atoms with Crippen LogP contribution < -0.4 is 5.32 Å². The first-order chi connectivity index (χ1) is 11.3. The molecule has 1 N–H and O–H groups in total. The van der Waals surface area contributed by atoms with Gasteiger partial charge >= 0.3 is 0 Å². The molecule has 128 valence electrons. The minimum absolute atomic E-state index is 0.580. The molecule has 23 heavy (non-hydrogen) atoms. The van der Waals surface area contributed by atoms with Crippen molar-refractivity contribution in [2.45, 2.75) is 75.6 Å². The number of hydrogen-bond donors (Lipinski definition) is 1. The molecule has 4 aliphatic heterocycles. The fourth-order valence-corrected chi connectivity index (χ4v) is 7.76. The highest BCUT2D eigenvalue weighted by atomic mass is 16.5. The van der Waals surface area contributed by atoms with Crippen LogP contribution in [0.25, 0.3) is 0 Å². The molecule has 9 atom stereocenters. The van der Waals surface area contributed by atoms with Gasteiger partial charge in [-0.15, -0.1) is 0 Å². The van der Waals surface area contributed by atoms with Crippen LogP contribution >= 0.6 is 0 Å². The molecule has 0 aromatic heterocycles. The van der Waals surface area contributed by atoms with Crippen molar-refractivity contribution in [1.29, 1.82) is 0 Å². The first-order valence-corrected chi connectivity index (χ1v) is 10.5. The minimum Gasteiger partial charge on any atom is -0.375 e. The molecule has 8 rings (SSSR count). The molecule has 4 heterocycles. The van der Waals surface area contributed by atoms with Crippen LogP contribution in [-0.2, 0) is 4.74 Å². The summed E-state index contributed by atoms with van der Waals surface area (Å²) in [4.78, 5) is 2.90. The van der Waals surface area contributed by atoms with Crippen molar-refractivity contribution in [3.63, 3.8) is 0 Å². The van der Waals surface area contributed by atoms with Gasteiger partial charge in [-0.25, -0.2) is 0 Å². The van der Waals surface area contributed by atoms with E-state index in [-0.39, 0.29) is 0 Å². The Bertz CT molecular complexity index is 474. The van der Waals surface area contributed by atoms with Gasteiger partial charge in [0.1, 0.15) is 0 Å². The quantitative estimate of drug-likeness (QED) is 0.848. The highest BCUT2D eigenvalue weighted by molar-refractivity contribution is 5.05. The van der Waals surface area contributed by atoms with E-state index >= 15 is 0 Å². The second kappa shape index (κ2) is 5.19. The summed E-state index contributed by atoms with van der Waals surface area (Å²) < 4.78 is 5.85. The average Bonchev–Trinajstić information content (AvgIpc) is 3.26. The van der Waals surface area contributed by atoms with E-state index in [4.69, 9.17) is 4.74 Å². The number of ether oxygens (including phenoxy) is 1. The summed E-state index contributed by atoms with van der Waals surface area (Å²) in [6.45, 7) is 3.61. The van der Waals surface area contributed by atoms with Crippen LogP contribution in [-0.4, -0.2) is 48.8 Å². The molecule has 0 amide bonds. The van der Waals surface area contributed by atoms with Gasteiger partial charge in [-0.05, 0) is 87.5 Å². The maximum absolute atomic E-state index is 5.85. The number of piperidine rings is 2. The fraction of sp³-hybridized carbons (Fsp3) is 1.00. The molecule has 4 saturated carbocycles. The Labute approximate surface area is 140 Å². The van der Waals surface area contributed by atoms with E-state index in [0.717, 1.165) is 54.3 Å². The van der Waals surface area contributed by atoms with Crippen molar-refractivity contribution in [3.8, 4) is 0 Å². The summed E-state index contributed by atoms with van der Waals surface area (Å²) in [6, 6.07) is 2.56. The molecular weight excluding hydrogens is 284 g/mol. The van der Waals surface area contributed by atoms with E-state index in [1.807, 2.05) is 0 Å². The SMILES string of the molecule is C1CC2CNC1CC2C1CC2CCC1CC2N1CC2CC1CO2. The Hall–Kier alpha value is -0.120. The van der Waals surface area contributed by atoms with E-state index in [0.29, 0.717) is 6.10 Å². The van der Waals surface area contributed by atoms with E-state index in [1.54, 1.807) is 12.8 Å². The fourth-order valence-electron chi connectivity index (χ4n) is 7.76. The van der Waals surface area contributed by atoms with Crippen LogP contribution in [0.4, 0.5) is 0 Å². The maximum Gasteiger partial charge on any atom is 0.0718 e. The Morgan fingerprint density at radius 2 is 1.70 bits per heavy atom. The Morgan fingerprint density at radius 1 is 0.826 bits per heavy atom. The van der Waals surface area contributed by atoms with Gasteiger partial charge in [-0.2, -0.15) is 0 Å². The molecule has 9 unspecified atom stereocenters. The summed E-state index contributed by atoms with van der Waals surface area (Å²) in [5.74, 6) is 5.23. The summed E-state index contributed by atoms with van der Waals surface area (Å²) in [5.41, 5.74) is 0. The summed E-state index contributed by atoms with van der Waals surface area (Å²) in [7, 11) is 0. The minimum atomic E-state index is 0.580. The summed E-state index contributed by atoms with van der Waals surface area (Å²) in [6.07, 6.45) is 12.6. The molecule has 6 bridgehead atoms. The molecule has 3 nitrogen and oxygen atoms in total. The van der Waals surface area contributed by atoms with Crippen molar-refractivity contribution in [1.82, 2.24) is 10.2 Å². The van der Waals surface area contributed by atoms with Crippen molar-refractivity contribution < 1.29 is 4.74 Å². The van der Waals surface area contributed by atoms with Crippen LogP contribution in [0.15, 0.2) is 0 Å². The van der Waals surface area contributed by atoms with Crippen LogP contribution in [0.2, 0.25) is 0 Å². The lowest BCUT2D eigenvalue weighted by Gasteiger charge is -2.57. The predicted molar refractivity (Wildman–Crippen MR) is 90.2 cm³/mol. The highest BCUT2D eigenvalue weighted by Crippen LogP contribution is 2.54. The number of rotatable bonds is 2. The number of likely N-dealkylation sites (tertiary alicyclic amines) is 1. The first kappa shape index (κ1) is 14.1. The molecule has 4 saturated heterocycles. The van der Waals surface area contributed by atoms with Gasteiger partial charge in [0.05, 0.1) is 12.7 Å². The van der Waals surface area contributed by atoms with E-state index < -0.39 is 0 Å². The molecule has 0 aromatic carbocycles. The van der Waals surface area contributed by atoms with Gasteiger partial charge in [0, 0.05) is 24.7 Å². The van der Waals surface area contributed by atoms with Crippen molar-refractivity contribution in [2.75, 3.05) is 19.7 Å². The summed E-state index contributed by atoms with van der Waals surface area (Å²) in [5, 5.41) is 3.78. The molecule has 0 aromatic rings. The highest BCUT2D eigenvalue weighted by Gasteiger charge is 2.52. The zero-order valence-corrected chi connectivity index (χ0v) is 14.3. The van der Waals surface area contributed by atoms with Gasteiger partial charge in [-0.1, -0.05) is 0 Å². The van der Waals surface area contributed by atoms with Gasteiger partial charge in [0.15, 0.2) is 0 Å². The smallest absolute Gasteiger partial charge is 0.0718 e. The third-order valence-electron chi connectivity index (χ3n) is 8.81. The van der Waals surface area contributed by atoms with Crippen molar-refractivity contribution in [3.05, 3.63) is 0 Å². The van der Waals surface area contributed by atoms with Crippen LogP contribution in [0.5, 0.6) is 0 Å². The van der Waals surface area contributed by atoms with E-state index in [9.17, 15) is 0 Å². The van der Waals surface area contributed by atoms with E-state index in [2.05, 4.69) is 10.2 Å². The Kier molecular flexibility index (Phi) is 3.18.